The third-order valence-electron chi connectivity index (χ3n) is 4.55. The normalized spacial score (nSPS) is 16.6. The molecule has 25 heavy (non-hydrogen) atoms. The number of carbonyl (C=O) groups excluding carboxylic acids is 1. The van der Waals surface area contributed by atoms with Crippen molar-refractivity contribution in [1.29, 1.82) is 0 Å². The first-order valence-corrected chi connectivity index (χ1v) is 8.64. The van der Waals surface area contributed by atoms with E-state index in [4.69, 9.17) is 39.5 Å². The van der Waals surface area contributed by atoms with Crippen LogP contribution in [0, 0.1) is 0 Å². The van der Waals surface area contributed by atoms with Crippen molar-refractivity contribution in [3.63, 3.8) is 0 Å². The topological polar surface area (TPSA) is 78.8 Å². The van der Waals surface area contributed by atoms with Gasteiger partial charge >= 0.3 is 7.12 Å². The maximum Gasteiger partial charge on any atom is 0.488 e. The summed E-state index contributed by atoms with van der Waals surface area (Å²) in [6.45, 7) is 0. The summed E-state index contributed by atoms with van der Waals surface area (Å²) >= 11 is 18.8. The Morgan fingerprint density at radius 1 is 1.12 bits per heavy atom. The molecule has 1 aliphatic heterocycles. The molecule has 5 nitrogen and oxygen atoms in total. The van der Waals surface area contributed by atoms with E-state index in [1.54, 1.807) is 12.1 Å². The third kappa shape index (κ3) is 2.60. The molecule has 0 saturated heterocycles. The van der Waals surface area contributed by atoms with Gasteiger partial charge in [0.15, 0.2) is 5.75 Å². The molecule has 4 rings (SSSR count). The first-order valence-electron chi connectivity index (χ1n) is 7.51. The largest absolute Gasteiger partial charge is 0.488 e. The summed E-state index contributed by atoms with van der Waals surface area (Å²) in [5, 5.41) is 21.9. The van der Waals surface area contributed by atoms with E-state index in [9.17, 15) is 14.8 Å². The van der Waals surface area contributed by atoms with Crippen LogP contribution in [0.25, 0.3) is 0 Å². The molecule has 3 N–H and O–H groups in total. The summed E-state index contributed by atoms with van der Waals surface area (Å²) in [5.74, 6) is 0.430. The van der Waals surface area contributed by atoms with Crippen LogP contribution in [0.1, 0.15) is 18.4 Å². The molecule has 1 heterocycles. The number of benzene rings is 2. The molecule has 1 spiro atoms. The molecule has 0 bridgehead atoms. The number of amides is 1. The number of rotatable bonds is 3. The second-order valence-corrected chi connectivity index (χ2v) is 7.32. The predicted molar refractivity (Wildman–Crippen MR) is 97.4 cm³/mol. The Morgan fingerprint density at radius 2 is 1.76 bits per heavy atom. The maximum absolute atomic E-state index is 12.1. The Morgan fingerprint density at radius 3 is 2.32 bits per heavy atom. The molecule has 2 aromatic rings. The van der Waals surface area contributed by atoms with Gasteiger partial charge in [0.2, 0.25) is 5.91 Å². The Hall–Kier alpha value is -1.44. The minimum Gasteiger partial charge on any atom is -0.453 e. The zero-order valence-electron chi connectivity index (χ0n) is 12.6. The molecule has 0 aromatic heterocycles. The molecule has 0 atom stereocenters. The van der Waals surface area contributed by atoms with Gasteiger partial charge in [-0.25, -0.2) is 0 Å². The van der Waals surface area contributed by atoms with E-state index in [-0.39, 0.29) is 27.2 Å². The van der Waals surface area contributed by atoms with Crippen molar-refractivity contribution in [2.24, 2.45) is 0 Å². The summed E-state index contributed by atoms with van der Waals surface area (Å²) in [6, 6.07) is 6.06. The van der Waals surface area contributed by atoms with E-state index in [0.29, 0.717) is 16.5 Å². The fourth-order valence-electron chi connectivity index (χ4n) is 3.10. The second kappa shape index (κ2) is 5.79. The summed E-state index contributed by atoms with van der Waals surface area (Å²) in [6.07, 6.45) is 1.50. The summed E-state index contributed by atoms with van der Waals surface area (Å²) in [7, 11) is -1.69. The van der Waals surface area contributed by atoms with Gasteiger partial charge < -0.3 is 20.1 Å². The van der Waals surface area contributed by atoms with Crippen LogP contribution in [0.5, 0.6) is 11.5 Å². The standard InChI is InChI=1S/C16H11BCl3NO4/c18-8-5-7(17(23)24)6-9(19)14(8)25-11-2-1-10-12(13(11)20)16(3-4-16)15(22)21-10/h1-2,5-6,23-24H,3-4H2,(H,21,22). The number of nitrogens with one attached hydrogen (secondary N) is 1. The second-order valence-electron chi connectivity index (χ2n) is 6.13. The monoisotopic (exact) mass is 397 g/mol. The molecule has 128 valence electrons. The van der Waals surface area contributed by atoms with E-state index in [1.165, 1.54) is 12.1 Å². The van der Waals surface area contributed by atoms with E-state index in [0.717, 1.165) is 18.4 Å². The van der Waals surface area contributed by atoms with Crippen molar-refractivity contribution < 1.29 is 19.6 Å². The average Bonchev–Trinajstić information content (AvgIpc) is 3.28. The van der Waals surface area contributed by atoms with Gasteiger partial charge in [-0.1, -0.05) is 34.8 Å². The van der Waals surface area contributed by atoms with E-state index < -0.39 is 12.5 Å². The lowest BCUT2D eigenvalue weighted by Gasteiger charge is -2.15. The number of carbonyl (C=O) groups is 1. The molecule has 2 aliphatic rings. The highest BCUT2D eigenvalue weighted by atomic mass is 35.5. The fraction of sp³-hybridized carbons (Fsp3) is 0.188. The molecular weight excluding hydrogens is 387 g/mol. The zero-order chi connectivity index (χ0) is 17.9. The van der Waals surface area contributed by atoms with Crippen molar-refractivity contribution in [2.45, 2.75) is 18.3 Å². The average molecular weight is 398 g/mol. The van der Waals surface area contributed by atoms with Gasteiger partial charge in [0.25, 0.3) is 0 Å². The van der Waals surface area contributed by atoms with Crippen molar-refractivity contribution >= 4 is 59.0 Å². The number of ether oxygens (including phenoxy) is 1. The van der Waals surface area contributed by atoms with Gasteiger partial charge in [0.05, 0.1) is 20.5 Å². The number of fused-ring (bicyclic) bond motifs is 2. The van der Waals surface area contributed by atoms with Crippen LogP contribution in [-0.2, 0) is 10.2 Å². The minimum absolute atomic E-state index is 0.0427. The van der Waals surface area contributed by atoms with Gasteiger partial charge in [-0.2, -0.15) is 0 Å². The highest BCUT2D eigenvalue weighted by molar-refractivity contribution is 6.59. The summed E-state index contributed by atoms with van der Waals surface area (Å²) < 4.78 is 5.79. The first-order chi connectivity index (χ1) is 11.8. The smallest absolute Gasteiger partial charge is 0.453 e. The van der Waals surface area contributed by atoms with E-state index in [1.807, 2.05) is 0 Å². The van der Waals surface area contributed by atoms with Crippen molar-refractivity contribution in [3.05, 3.63) is 44.9 Å². The Balaban J connectivity index is 1.74. The molecule has 2 aromatic carbocycles. The molecular formula is C16H11BCl3NO4. The lowest BCUT2D eigenvalue weighted by molar-refractivity contribution is -0.117. The van der Waals surface area contributed by atoms with Crippen LogP contribution in [0.15, 0.2) is 24.3 Å². The summed E-state index contributed by atoms with van der Waals surface area (Å²) in [4.78, 5) is 12.1. The zero-order valence-corrected chi connectivity index (χ0v) is 14.9. The van der Waals surface area contributed by atoms with Crippen LogP contribution >= 0.6 is 34.8 Å². The number of anilines is 1. The van der Waals surface area contributed by atoms with E-state index >= 15 is 0 Å². The van der Waals surface area contributed by atoms with Gasteiger partial charge in [-0.3, -0.25) is 4.79 Å². The van der Waals surface area contributed by atoms with Gasteiger partial charge in [0.1, 0.15) is 5.75 Å². The Bertz CT molecular complexity index is 891. The van der Waals surface area contributed by atoms with Crippen LogP contribution in [0.4, 0.5) is 5.69 Å². The molecule has 1 amide bonds. The molecule has 9 heteroatoms. The highest BCUT2D eigenvalue weighted by Gasteiger charge is 2.57. The number of hydrogen-bond acceptors (Lipinski definition) is 4. The lowest BCUT2D eigenvalue weighted by Crippen LogP contribution is -2.29. The van der Waals surface area contributed by atoms with Crippen LogP contribution < -0.4 is 15.5 Å². The maximum atomic E-state index is 12.1. The molecule has 1 fully saturated rings. The van der Waals surface area contributed by atoms with Crippen molar-refractivity contribution in [3.8, 4) is 11.5 Å². The van der Waals surface area contributed by atoms with Crippen LogP contribution in [0.3, 0.4) is 0 Å². The molecule has 1 aliphatic carbocycles. The third-order valence-corrected chi connectivity index (χ3v) is 5.49. The molecule has 0 radical (unpaired) electrons. The van der Waals surface area contributed by atoms with Crippen molar-refractivity contribution in [2.75, 3.05) is 5.32 Å². The molecule has 1 saturated carbocycles. The van der Waals surface area contributed by atoms with Crippen LogP contribution in [0.2, 0.25) is 15.1 Å². The number of hydrogen-bond donors (Lipinski definition) is 3. The van der Waals surface area contributed by atoms with Crippen LogP contribution in [-0.4, -0.2) is 23.1 Å². The highest BCUT2D eigenvalue weighted by Crippen LogP contribution is 2.59. The van der Waals surface area contributed by atoms with E-state index in [2.05, 4.69) is 5.32 Å². The quantitative estimate of drug-likeness (QED) is 0.695. The fourth-order valence-corrected chi connectivity index (χ4v) is 4.07. The van der Waals surface area contributed by atoms with Crippen molar-refractivity contribution in [1.82, 2.24) is 0 Å². The van der Waals surface area contributed by atoms with Gasteiger partial charge in [0, 0.05) is 11.3 Å². The summed E-state index contributed by atoms with van der Waals surface area (Å²) in [5.41, 5.74) is 1.03. The Labute approximate surface area is 158 Å². The minimum atomic E-state index is -1.69. The van der Waals surface area contributed by atoms with Gasteiger partial charge in [-0.15, -0.1) is 0 Å². The predicted octanol–water partition coefficient (Wildman–Crippen LogP) is 3.10. The number of halogens is 3. The SMILES string of the molecule is O=C1Nc2ccc(Oc3c(Cl)cc(B(O)O)cc3Cl)c(Cl)c2C12CC2. The molecule has 0 unspecified atom stereocenters. The Kier molecular flexibility index (Phi) is 3.94. The first kappa shape index (κ1) is 17.0. The van der Waals surface area contributed by atoms with Gasteiger partial charge in [-0.05, 0) is 42.6 Å². The lowest BCUT2D eigenvalue weighted by atomic mass is 9.80.